The number of hydrogen-bond donors (Lipinski definition) is 0. The molecule has 0 amide bonds. The van der Waals surface area contributed by atoms with Crippen LogP contribution in [0.3, 0.4) is 0 Å². The second-order valence-electron chi connectivity index (χ2n) is 4.00. The van der Waals surface area contributed by atoms with Crippen LogP contribution in [0.25, 0.3) is 0 Å². The maximum Gasteiger partial charge on any atom is 0.0397 e. The van der Waals surface area contributed by atoms with Crippen molar-refractivity contribution in [1.82, 2.24) is 4.90 Å². The van der Waals surface area contributed by atoms with Gasteiger partial charge in [0.2, 0.25) is 0 Å². The Morgan fingerprint density at radius 3 is 2.57 bits per heavy atom. The van der Waals surface area contributed by atoms with E-state index < -0.39 is 0 Å². The Balaban J connectivity index is 2.12. The Bertz CT molecular complexity index is 301. The Labute approximate surface area is 86.1 Å². The lowest BCUT2D eigenvalue weighted by Gasteiger charge is -2.34. The molecule has 0 N–H and O–H groups in total. The largest absolute Gasteiger partial charge is 0.369 e. The zero-order chi connectivity index (χ0) is 9.97. The Hall–Kier alpha value is -1.02. The van der Waals surface area contributed by atoms with Gasteiger partial charge in [0.1, 0.15) is 0 Å². The highest BCUT2D eigenvalue weighted by molar-refractivity contribution is 5.53. The zero-order valence-electron chi connectivity index (χ0n) is 8.95. The van der Waals surface area contributed by atoms with Crippen LogP contribution in [0.15, 0.2) is 18.2 Å². The summed E-state index contributed by atoms with van der Waals surface area (Å²) >= 11 is 0. The SMILES string of the molecule is Cc1c[c]ccc1N1CCN(C)CC1. The highest BCUT2D eigenvalue weighted by atomic mass is 15.2. The Morgan fingerprint density at radius 2 is 1.93 bits per heavy atom. The molecule has 2 heteroatoms. The van der Waals surface area contributed by atoms with Crippen LogP contribution in [0.5, 0.6) is 0 Å². The van der Waals surface area contributed by atoms with Crippen molar-refractivity contribution in [3.63, 3.8) is 0 Å². The fourth-order valence-corrected chi connectivity index (χ4v) is 1.91. The van der Waals surface area contributed by atoms with Crippen molar-refractivity contribution in [3.8, 4) is 0 Å². The number of likely N-dealkylation sites (N-methyl/N-ethyl adjacent to an activating group) is 1. The number of nitrogens with zero attached hydrogens (tertiary/aromatic N) is 2. The summed E-state index contributed by atoms with van der Waals surface area (Å²) in [5.41, 5.74) is 2.70. The molecular weight excluding hydrogens is 172 g/mol. The molecular formula is C12H17N2. The fraction of sp³-hybridized carbons (Fsp3) is 0.500. The van der Waals surface area contributed by atoms with Gasteiger partial charge in [0.25, 0.3) is 0 Å². The van der Waals surface area contributed by atoms with Crippen molar-refractivity contribution >= 4 is 5.69 Å². The lowest BCUT2D eigenvalue weighted by atomic mass is 10.1. The quantitative estimate of drug-likeness (QED) is 0.661. The third-order valence-corrected chi connectivity index (χ3v) is 2.89. The zero-order valence-corrected chi connectivity index (χ0v) is 8.95. The molecule has 0 bridgehead atoms. The van der Waals surface area contributed by atoms with Gasteiger partial charge >= 0.3 is 0 Å². The lowest BCUT2D eigenvalue weighted by Crippen LogP contribution is -2.44. The molecule has 0 saturated carbocycles. The van der Waals surface area contributed by atoms with Gasteiger partial charge in [-0.1, -0.05) is 6.07 Å². The van der Waals surface area contributed by atoms with Crippen LogP contribution in [0.4, 0.5) is 5.69 Å². The van der Waals surface area contributed by atoms with Crippen molar-refractivity contribution in [3.05, 3.63) is 29.8 Å². The molecule has 2 rings (SSSR count). The van der Waals surface area contributed by atoms with Crippen LogP contribution < -0.4 is 4.90 Å². The van der Waals surface area contributed by atoms with Gasteiger partial charge in [-0.3, -0.25) is 0 Å². The second-order valence-corrected chi connectivity index (χ2v) is 4.00. The number of piperazine rings is 1. The molecule has 0 aromatic heterocycles. The van der Waals surface area contributed by atoms with Crippen LogP contribution in [0.2, 0.25) is 0 Å². The first-order valence-corrected chi connectivity index (χ1v) is 5.17. The molecule has 1 aliphatic rings. The molecule has 0 unspecified atom stereocenters. The Kier molecular flexibility index (Phi) is 2.73. The standard InChI is InChI=1S/C12H17N2/c1-11-5-3-4-6-12(11)14-9-7-13(2)8-10-14/h4-6H,7-10H2,1-2H3. The monoisotopic (exact) mass is 189 g/mol. The van der Waals surface area contributed by atoms with E-state index in [1.165, 1.54) is 11.3 Å². The minimum Gasteiger partial charge on any atom is -0.369 e. The number of aryl methyl sites for hydroxylation is 1. The molecule has 1 aromatic carbocycles. The molecule has 14 heavy (non-hydrogen) atoms. The van der Waals surface area contributed by atoms with E-state index in [0.29, 0.717) is 0 Å². The van der Waals surface area contributed by atoms with Gasteiger partial charge in [0, 0.05) is 31.9 Å². The molecule has 1 aliphatic heterocycles. The maximum absolute atomic E-state index is 3.11. The minimum absolute atomic E-state index is 1.14. The lowest BCUT2D eigenvalue weighted by molar-refractivity contribution is 0.312. The van der Waals surface area contributed by atoms with Crippen molar-refractivity contribution in [2.75, 3.05) is 38.1 Å². The average Bonchev–Trinajstić information content (AvgIpc) is 2.20. The van der Waals surface area contributed by atoms with Crippen molar-refractivity contribution < 1.29 is 0 Å². The summed E-state index contributed by atoms with van der Waals surface area (Å²) in [5, 5.41) is 0. The van der Waals surface area contributed by atoms with E-state index in [-0.39, 0.29) is 0 Å². The van der Waals surface area contributed by atoms with Gasteiger partial charge < -0.3 is 9.80 Å². The third kappa shape index (κ3) is 1.90. The molecule has 0 atom stereocenters. The minimum atomic E-state index is 1.14. The van der Waals surface area contributed by atoms with Gasteiger partial charge in [0.15, 0.2) is 0 Å². The van der Waals surface area contributed by atoms with E-state index in [9.17, 15) is 0 Å². The Morgan fingerprint density at radius 1 is 1.21 bits per heavy atom. The molecule has 0 spiro atoms. The van der Waals surface area contributed by atoms with E-state index in [1.807, 2.05) is 6.07 Å². The molecule has 1 aromatic rings. The molecule has 1 heterocycles. The molecule has 0 aliphatic carbocycles. The summed E-state index contributed by atoms with van der Waals surface area (Å²) in [4.78, 5) is 4.84. The van der Waals surface area contributed by atoms with Crippen LogP contribution in [-0.4, -0.2) is 38.1 Å². The van der Waals surface area contributed by atoms with E-state index in [2.05, 4.69) is 42.0 Å². The second kappa shape index (κ2) is 4.01. The van der Waals surface area contributed by atoms with Gasteiger partial charge in [0.05, 0.1) is 0 Å². The molecule has 75 valence electrons. The summed E-state index contributed by atoms with van der Waals surface area (Å²) < 4.78 is 0. The van der Waals surface area contributed by atoms with Crippen molar-refractivity contribution in [1.29, 1.82) is 0 Å². The van der Waals surface area contributed by atoms with Crippen LogP contribution in [0.1, 0.15) is 5.56 Å². The number of hydrogen-bond acceptors (Lipinski definition) is 2. The predicted octanol–water partition coefficient (Wildman–Crippen LogP) is 1.55. The van der Waals surface area contributed by atoms with Gasteiger partial charge in [-0.25, -0.2) is 0 Å². The topological polar surface area (TPSA) is 6.48 Å². The van der Waals surface area contributed by atoms with Crippen LogP contribution >= 0.6 is 0 Å². The molecule has 1 saturated heterocycles. The van der Waals surface area contributed by atoms with E-state index >= 15 is 0 Å². The van der Waals surface area contributed by atoms with E-state index in [0.717, 1.165) is 26.2 Å². The van der Waals surface area contributed by atoms with Crippen molar-refractivity contribution in [2.45, 2.75) is 6.92 Å². The molecule has 1 radical (unpaired) electrons. The number of rotatable bonds is 1. The summed E-state index contributed by atoms with van der Waals surface area (Å²) in [7, 11) is 2.18. The summed E-state index contributed by atoms with van der Waals surface area (Å²) in [6, 6.07) is 9.34. The van der Waals surface area contributed by atoms with Crippen molar-refractivity contribution in [2.24, 2.45) is 0 Å². The van der Waals surface area contributed by atoms with E-state index in [1.54, 1.807) is 0 Å². The van der Waals surface area contributed by atoms with Gasteiger partial charge in [-0.15, -0.1) is 0 Å². The maximum atomic E-state index is 3.11. The van der Waals surface area contributed by atoms with Crippen LogP contribution in [0, 0.1) is 13.0 Å². The van der Waals surface area contributed by atoms with Gasteiger partial charge in [-0.05, 0) is 37.7 Å². The summed E-state index contributed by atoms with van der Waals surface area (Å²) in [6.45, 7) is 6.77. The number of anilines is 1. The highest BCUT2D eigenvalue weighted by Crippen LogP contribution is 2.19. The summed E-state index contributed by atoms with van der Waals surface area (Å²) in [6.07, 6.45) is 0. The predicted molar refractivity (Wildman–Crippen MR) is 59.7 cm³/mol. The van der Waals surface area contributed by atoms with Crippen LogP contribution in [-0.2, 0) is 0 Å². The smallest absolute Gasteiger partial charge is 0.0397 e. The first kappa shape index (κ1) is 9.53. The number of benzene rings is 1. The normalized spacial score (nSPS) is 18.6. The molecule has 1 fully saturated rings. The first-order chi connectivity index (χ1) is 6.77. The highest BCUT2D eigenvalue weighted by Gasteiger charge is 2.14. The average molecular weight is 189 g/mol. The fourth-order valence-electron chi connectivity index (χ4n) is 1.91. The van der Waals surface area contributed by atoms with E-state index in [4.69, 9.17) is 0 Å². The first-order valence-electron chi connectivity index (χ1n) is 5.17. The molecule has 2 nitrogen and oxygen atoms in total. The third-order valence-electron chi connectivity index (χ3n) is 2.89. The van der Waals surface area contributed by atoms with Gasteiger partial charge in [-0.2, -0.15) is 0 Å². The summed E-state index contributed by atoms with van der Waals surface area (Å²) in [5.74, 6) is 0.